The molecule has 3 rings (SSSR count). The summed E-state index contributed by atoms with van der Waals surface area (Å²) in [6, 6.07) is 14.8. The lowest BCUT2D eigenvalue weighted by Gasteiger charge is -2.37. The van der Waals surface area contributed by atoms with Gasteiger partial charge in [0.1, 0.15) is 11.9 Å². The molecule has 1 saturated heterocycles. The Balaban J connectivity index is 1.63. The number of hydrogen-bond donors (Lipinski definition) is 0. The van der Waals surface area contributed by atoms with Crippen molar-refractivity contribution >= 4 is 11.5 Å². The third kappa shape index (κ3) is 3.51. The summed E-state index contributed by atoms with van der Waals surface area (Å²) in [7, 11) is 0. The highest BCUT2D eigenvalue weighted by Crippen LogP contribution is 2.26. The van der Waals surface area contributed by atoms with Gasteiger partial charge in [-0.05, 0) is 35.2 Å². The molecule has 0 amide bonds. The number of rotatable bonds is 2. The van der Waals surface area contributed by atoms with E-state index in [1.807, 2.05) is 12.1 Å². The highest BCUT2D eigenvalue weighted by molar-refractivity contribution is 5.51. The van der Waals surface area contributed by atoms with Crippen molar-refractivity contribution in [2.24, 2.45) is 0 Å². The fourth-order valence-electron chi connectivity index (χ4n) is 3.01. The molecule has 0 unspecified atom stereocenters. The molecule has 0 radical (unpaired) electrons. The summed E-state index contributed by atoms with van der Waals surface area (Å²) in [4.78, 5) is 9.10. The molecule has 4 heteroatoms. The molecule has 4 nitrogen and oxygen atoms in total. The molecule has 2 heterocycles. The van der Waals surface area contributed by atoms with Crippen molar-refractivity contribution < 1.29 is 0 Å². The minimum atomic E-state index is 0.193. The van der Waals surface area contributed by atoms with Crippen molar-refractivity contribution in [1.29, 1.82) is 5.26 Å². The Labute approximate surface area is 144 Å². The third-order valence-electron chi connectivity index (χ3n) is 4.58. The van der Waals surface area contributed by atoms with Gasteiger partial charge < -0.3 is 9.80 Å². The summed E-state index contributed by atoms with van der Waals surface area (Å²) in [5.74, 6) is 0.955. The van der Waals surface area contributed by atoms with Gasteiger partial charge in [0, 0.05) is 38.1 Å². The largest absolute Gasteiger partial charge is 0.368 e. The van der Waals surface area contributed by atoms with Gasteiger partial charge in [-0.15, -0.1) is 0 Å². The van der Waals surface area contributed by atoms with Crippen LogP contribution < -0.4 is 9.80 Å². The van der Waals surface area contributed by atoms with E-state index < -0.39 is 0 Å². The number of anilines is 2. The highest BCUT2D eigenvalue weighted by atomic mass is 15.3. The zero-order chi connectivity index (χ0) is 17.2. The Kier molecular flexibility index (Phi) is 4.44. The number of pyridine rings is 1. The van der Waals surface area contributed by atoms with E-state index in [-0.39, 0.29) is 5.41 Å². The van der Waals surface area contributed by atoms with Gasteiger partial charge in [0.25, 0.3) is 0 Å². The average molecular weight is 320 g/mol. The van der Waals surface area contributed by atoms with Gasteiger partial charge in [0.05, 0.1) is 5.56 Å². The molecule has 1 aliphatic rings. The first kappa shape index (κ1) is 16.3. The molecule has 24 heavy (non-hydrogen) atoms. The molecule has 124 valence electrons. The van der Waals surface area contributed by atoms with Crippen LogP contribution in [-0.2, 0) is 5.41 Å². The van der Waals surface area contributed by atoms with Gasteiger partial charge in [-0.3, -0.25) is 0 Å². The van der Waals surface area contributed by atoms with Crippen LogP contribution in [0.2, 0.25) is 0 Å². The van der Waals surface area contributed by atoms with Gasteiger partial charge in [-0.2, -0.15) is 5.26 Å². The van der Waals surface area contributed by atoms with Crippen molar-refractivity contribution in [1.82, 2.24) is 4.98 Å². The monoisotopic (exact) mass is 320 g/mol. The van der Waals surface area contributed by atoms with Crippen molar-refractivity contribution in [2.75, 3.05) is 36.0 Å². The Morgan fingerprint density at radius 3 is 2.04 bits per heavy atom. The van der Waals surface area contributed by atoms with Gasteiger partial charge in [0.2, 0.25) is 0 Å². The summed E-state index contributed by atoms with van der Waals surface area (Å²) >= 11 is 0. The number of benzene rings is 1. The van der Waals surface area contributed by atoms with E-state index in [1.165, 1.54) is 11.3 Å². The lowest BCUT2D eigenvalue weighted by molar-refractivity contribution is 0.589. The molecule has 1 aliphatic heterocycles. The minimum Gasteiger partial charge on any atom is -0.368 e. The molecule has 1 aromatic heterocycles. The van der Waals surface area contributed by atoms with E-state index in [4.69, 9.17) is 5.26 Å². The lowest BCUT2D eigenvalue weighted by atomic mass is 9.87. The zero-order valence-electron chi connectivity index (χ0n) is 14.7. The second kappa shape index (κ2) is 6.52. The first-order valence-electron chi connectivity index (χ1n) is 8.44. The smallest absolute Gasteiger partial charge is 0.128 e. The van der Waals surface area contributed by atoms with Crippen LogP contribution in [0.3, 0.4) is 0 Å². The van der Waals surface area contributed by atoms with Crippen LogP contribution in [0.15, 0.2) is 42.6 Å². The Morgan fingerprint density at radius 2 is 1.54 bits per heavy atom. The summed E-state index contributed by atoms with van der Waals surface area (Å²) in [5.41, 5.74) is 3.46. The van der Waals surface area contributed by atoms with E-state index in [0.29, 0.717) is 5.56 Å². The maximum Gasteiger partial charge on any atom is 0.128 e. The van der Waals surface area contributed by atoms with Gasteiger partial charge in [-0.1, -0.05) is 32.9 Å². The SMILES string of the molecule is CC(C)(C)c1ccc(N2CCN(c3ccc(C#N)cn3)CC2)cc1. The maximum atomic E-state index is 8.86. The number of nitriles is 1. The molecule has 0 saturated carbocycles. The van der Waals surface area contributed by atoms with Crippen LogP contribution in [-0.4, -0.2) is 31.2 Å². The van der Waals surface area contributed by atoms with E-state index in [1.54, 1.807) is 6.20 Å². The van der Waals surface area contributed by atoms with E-state index >= 15 is 0 Å². The topological polar surface area (TPSA) is 43.2 Å². The number of aromatic nitrogens is 1. The minimum absolute atomic E-state index is 0.193. The zero-order valence-corrected chi connectivity index (χ0v) is 14.7. The molecular formula is C20H24N4. The number of piperazine rings is 1. The molecular weight excluding hydrogens is 296 g/mol. The Bertz CT molecular complexity index is 712. The fraction of sp³-hybridized carbons (Fsp3) is 0.400. The number of hydrogen-bond acceptors (Lipinski definition) is 4. The predicted molar refractivity (Wildman–Crippen MR) is 98.5 cm³/mol. The molecule has 2 aromatic rings. The quantitative estimate of drug-likeness (QED) is 0.848. The van der Waals surface area contributed by atoms with E-state index in [9.17, 15) is 0 Å². The predicted octanol–water partition coefficient (Wildman–Crippen LogP) is 3.58. The van der Waals surface area contributed by atoms with Gasteiger partial charge in [0.15, 0.2) is 0 Å². The fourth-order valence-corrected chi connectivity index (χ4v) is 3.01. The van der Waals surface area contributed by atoms with Crippen molar-refractivity contribution in [3.63, 3.8) is 0 Å². The van der Waals surface area contributed by atoms with Crippen LogP contribution in [0.4, 0.5) is 11.5 Å². The second-order valence-electron chi connectivity index (χ2n) is 7.29. The molecule has 0 spiro atoms. The summed E-state index contributed by atoms with van der Waals surface area (Å²) in [6.45, 7) is 10.6. The second-order valence-corrected chi connectivity index (χ2v) is 7.29. The molecule has 0 bridgehead atoms. The Morgan fingerprint density at radius 1 is 0.917 bits per heavy atom. The van der Waals surface area contributed by atoms with Crippen molar-refractivity contribution in [3.8, 4) is 6.07 Å². The molecule has 0 aliphatic carbocycles. The van der Waals surface area contributed by atoms with E-state index in [0.717, 1.165) is 32.0 Å². The molecule has 0 N–H and O–H groups in total. The standard InChI is InChI=1S/C20H24N4/c1-20(2,3)17-5-7-18(8-6-17)23-10-12-24(13-11-23)19-9-4-16(14-21)15-22-19/h4-9,15H,10-13H2,1-3H3. The van der Waals surface area contributed by atoms with Crippen LogP contribution in [0.5, 0.6) is 0 Å². The average Bonchev–Trinajstić information content (AvgIpc) is 2.61. The van der Waals surface area contributed by atoms with Crippen molar-refractivity contribution in [3.05, 3.63) is 53.7 Å². The van der Waals surface area contributed by atoms with Crippen LogP contribution >= 0.6 is 0 Å². The summed E-state index contributed by atoms with van der Waals surface area (Å²) in [6.07, 6.45) is 1.65. The van der Waals surface area contributed by atoms with Crippen LogP contribution in [0.25, 0.3) is 0 Å². The van der Waals surface area contributed by atoms with Crippen LogP contribution in [0.1, 0.15) is 31.9 Å². The maximum absolute atomic E-state index is 8.86. The molecule has 1 fully saturated rings. The summed E-state index contributed by atoms with van der Waals surface area (Å²) < 4.78 is 0. The first-order valence-corrected chi connectivity index (χ1v) is 8.44. The Hall–Kier alpha value is -2.54. The lowest BCUT2D eigenvalue weighted by Crippen LogP contribution is -2.46. The molecule has 1 aromatic carbocycles. The van der Waals surface area contributed by atoms with E-state index in [2.05, 4.69) is 65.9 Å². The van der Waals surface area contributed by atoms with Crippen LogP contribution in [0, 0.1) is 11.3 Å². The summed E-state index contributed by atoms with van der Waals surface area (Å²) in [5, 5.41) is 8.86. The third-order valence-corrected chi connectivity index (χ3v) is 4.58. The van der Waals surface area contributed by atoms with Gasteiger partial charge >= 0.3 is 0 Å². The highest BCUT2D eigenvalue weighted by Gasteiger charge is 2.19. The first-order chi connectivity index (χ1) is 11.5. The number of nitrogens with zero attached hydrogens (tertiary/aromatic N) is 4. The van der Waals surface area contributed by atoms with Gasteiger partial charge in [-0.25, -0.2) is 4.98 Å². The normalized spacial score (nSPS) is 15.2. The molecule has 0 atom stereocenters. The van der Waals surface area contributed by atoms with Crippen molar-refractivity contribution in [2.45, 2.75) is 26.2 Å².